The molecule has 0 bridgehead atoms. The Morgan fingerprint density at radius 3 is 1.76 bits per heavy atom. The molecule has 0 aliphatic rings. The third-order valence-electron chi connectivity index (χ3n) is 5.75. The lowest BCUT2D eigenvalue weighted by molar-refractivity contribution is -0.143. The van der Waals surface area contributed by atoms with E-state index in [2.05, 4.69) is 4.74 Å². The smallest absolute Gasteiger partial charge is 0.416 e. The fraction of sp³-hybridized carbons (Fsp3) is 0.269. The lowest BCUT2D eigenvalue weighted by atomic mass is 9.95. The summed E-state index contributed by atoms with van der Waals surface area (Å²) in [6.07, 6.45) is -16.7. The Hall–Kier alpha value is -4.04. The number of methoxy groups -OCH3 is 2. The minimum Gasteiger partial charge on any atom is -0.493 e. The summed E-state index contributed by atoms with van der Waals surface area (Å²) in [7, 11) is 1.82. The molecule has 222 valence electrons. The van der Waals surface area contributed by atoms with Crippen LogP contribution in [0.4, 0.5) is 53.1 Å². The van der Waals surface area contributed by atoms with Crippen LogP contribution in [0.2, 0.25) is 0 Å². The number of amides is 1. The Balaban J connectivity index is 2.20. The Morgan fingerprint density at radius 2 is 1.27 bits per heavy atom. The van der Waals surface area contributed by atoms with Crippen LogP contribution >= 0.6 is 0 Å². The van der Waals surface area contributed by atoms with Crippen LogP contribution in [0.25, 0.3) is 11.1 Å². The Bertz CT molecular complexity index is 1400. The summed E-state index contributed by atoms with van der Waals surface area (Å²) in [6.45, 7) is -1.88. The molecule has 15 heteroatoms. The number of hydrogen-bond acceptors (Lipinski definition) is 3. The number of benzene rings is 3. The molecule has 0 aliphatic heterocycles. The normalized spacial score (nSPS) is 12.3. The second-order valence-electron chi connectivity index (χ2n) is 8.58. The number of carbonyl (C=O) groups excluding carboxylic acids is 1. The summed E-state index contributed by atoms with van der Waals surface area (Å²) in [5.41, 5.74) is -6.41. The highest BCUT2D eigenvalue weighted by Crippen LogP contribution is 2.40. The molecular weight excluding hydrogens is 583 g/mol. The van der Waals surface area contributed by atoms with Gasteiger partial charge in [-0.05, 0) is 53.1 Å². The van der Waals surface area contributed by atoms with E-state index >= 15 is 0 Å². The van der Waals surface area contributed by atoms with Gasteiger partial charge in [-0.25, -0.2) is 13.6 Å². The van der Waals surface area contributed by atoms with Gasteiger partial charge in [0.25, 0.3) is 0 Å². The van der Waals surface area contributed by atoms with Gasteiger partial charge in [0.15, 0.2) is 11.6 Å². The predicted octanol–water partition coefficient (Wildman–Crippen LogP) is 8.47. The second kappa shape index (κ2) is 11.4. The van der Waals surface area contributed by atoms with Crippen LogP contribution in [0.5, 0.6) is 5.75 Å². The van der Waals surface area contributed by atoms with E-state index in [1.165, 1.54) is 0 Å². The minimum atomic E-state index is -5.21. The van der Waals surface area contributed by atoms with E-state index in [4.69, 9.17) is 4.74 Å². The molecule has 0 aliphatic carbocycles. The summed E-state index contributed by atoms with van der Waals surface area (Å²) < 4.78 is 159. The number of rotatable bonds is 6. The van der Waals surface area contributed by atoms with Gasteiger partial charge in [-0.3, -0.25) is 4.90 Å². The lowest BCUT2D eigenvalue weighted by Crippen LogP contribution is -2.30. The third-order valence-corrected chi connectivity index (χ3v) is 5.75. The zero-order valence-electron chi connectivity index (χ0n) is 20.9. The quantitative estimate of drug-likeness (QED) is 0.266. The first-order valence-corrected chi connectivity index (χ1v) is 11.2. The van der Waals surface area contributed by atoms with Crippen molar-refractivity contribution in [3.05, 3.63) is 88.0 Å². The Kier molecular flexibility index (Phi) is 8.79. The van der Waals surface area contributed by atoms with E-state index in [0.29, 0.717) is 35.2 Å². The lowest BCUT2D eigenvalue weighted by Gasteiger charge is -2.25. The third kappa shape index (κ3) is 7.38. The fourth-order valence-corrected chi connectivity index (χ4v) is 3.98. The molecule has 3 aromatic carbocycles. The van der Waals surface area contributed by atoms with E-state index in [1.54, 1.807) is 0 Å². The summed E-state index contributed by atoms with van der Waals surface area (Å²) >= 11 is 0. The molecule has 0 radical (unpaired) electrons. The van der Waals surface area contributed by atoms with E-state index in [0.717, 1.165) is 26.4 Å². The van der Waals surface area contributed by atoms with E-state index in [9.17, 15) is 53.1 Å². The minimum absolute atomic E-state index is 0.137. The van der Waals surface area contributed by atoms with Crippen LogP contribution in [0, 0.1) is 11.6 Å². The van der Waals surface area contributed by atoms with Crippen molar-refractivity contribution in [3.8, 4) is 16.9 Å². The molecule has 0 atom stereocenters. The zero-order chi connectivity index (χ0) is 30.9. The van der Waals surface area contributed by atoms with Crippen LogP contribution in [0.3, 0.4) is 0 Å². The van der Waals surface area contributed by atoms with Crippen molar-refractivity contribution in [3.63, 3.8) is 0 Å². The summed E-state index contributed by atoms with van der Waals surface area (Å²) in [6, 6.07) is 3.63. The number of hydrogen-bond donors (Lipinski definition) is 0. The van der Waals surface area contributed by atoms with Crippen molar-refractivity contribution in [1.82, 2.24) is 4.90 Å². The van der Waals surface area contributed by atoms with Crippen molar-refractivity contribution >= 4 is 6.09 Å². The van der Waals surface area contributed by atoms with E-state index < -0.39 is 82.9 Å². The molecule has 3 rings (SSSR count). The standard InChI is InChI=1S/C26H18F11NO3/c1-40-22-20(9-18(27)10-21(22)28)19-4-3-15(24(29,30)31)7-14(19)12-38(23(39)41-2)11-13-5-16(25(32,33)34)8-17(6-13)26(35,36)37/h3-10H,11-12H2,1-2H3. The molecule has 41 heavy (non-hydrogen) atoms. The van der Waals surface area contributed by atoms with Gasteiger partial charge in [0.05, 0.1) is 30.9 Å². The predicted molar refractivity (Wildman–Crippen MR) is 121 cm³/mol. The van der Waals surface area contributed by atoms with Crippen molar-refractivity contribution in [1.29, 1.82) is 0 Å². The number of alkyl halides is 9. The number of nitrogens with zero attached hydrogens (tertiary/aromatic N) is 1. The molecule has 0 saturated carbocycles. The van der Waals surface area contributed by atoms with Crippen molar-refractivity contribution in [2.24, 2.45) is 0 Å². The Morgan fingerprint density at radius 1 is 0.707 bits per heavy atom. The highest BCUT2D eigenvalue weighted by Gasteiger charge is 2.37. The summed E-state index contributed by atoms with van der Waals surface area (Å²) in [4.78, 5) is 13.1. The number of halogens is 11. The molecule has 0 N–H and O–H groups in total. The van der Waals surface area contributed by atoms with Crippen LogP contribution in [0.1, 0.15) is 27.8 Å². The SMILES string of the molecule is COC(=O)N(Cc1cc(C(F)(F)F)cc(C(F)(F)F)c1)Cc1cc(C(F)(F)F)ccc1-c1cc(F)cc(F)c1OC. The summed E-state index contributed by atoms with van der Waals surface area (Å²) in [5.74, 6) is -2.94. The van der Waals surface area contributed by atoms with Crippen LogP contribution in [-0.4, -0.2) is 25.2 Å². The largest absolute Gasteiger partial charge is 0.493 e. The molecule has 1 amide bonds. The highest BCUT2D eigenvalue weighted by atomic mass is 19.4. The van der Waals surface area contributed by atoms with Crippen molar-refractivity contribution in [2.45, 2.75) is 31.6 Å². The monoisotopic (exact) mass is 601 g/mol. The van der Waals surface area contributed by atoms with Gasteiger partial charge in [-0.1, -0.05) is 6.07 Å². The first-order valence-electron chi connectivity index (χ1n) is 11.2. The van der Waals surface area contributed by atoms with Gasteiger partial charge in [-0.2, -0.15) is 39.5 Å². The van der Waals surface area contributed by atoms with E-state index in [1.807, 2.05) is 0 Å². The van der Waals surface area contributed by atoms with Gasteiger partial charge in [0, 0.05) is 24.7 Å². The average molecular weight is 601 g/mol. The maximum Gasteiger partial charge on any atom is 0.416 e. The average Bonchev–Trinajstić information content (AvgIpc) is 2.85. The first-order chi connectivity index (χ1) is 18.8. The molecule has 0 fully saturated rings. The maximum atomic E-state index is 14.4. The molecule has 0 saturated heterocycles. The number of carbonyl (C=O) groups is 1. The molecule has 0 spiro atoms. The highest BCUT2D eigenvalue weighted by molar-refractivity contribution is 5.75. The molecule has 0 heterocycles. The second-order valence-corrected chi connectivity index (χ2v) is 8.58. The summed E-state index contributed by atoms with van der Waals surface area (Å²) in [5, 5.41) is 0. The molecular formula is C26H18F11NO3. The number of ether oxygens (including phenoxy) is 2. The fourth-order valence-electron chi connectivity index (χ4n) is 3.98. The van der Waals surface area contributed by atoms with Gasteiger partial charge in [0.2, 0.25) is 0 Å². The first kappa shape index (κ1) is 31.5. The van der Waals surface area contributed by atoms with Gasteiger partial charge < -0.3 is 9.47 Å². The van der Waals surface area contributed by atoms with Gasteiger partial charge >= 0.3 is 24.6 Å². The van der Waals surface area contributed by atoms with Crippen LogP contribution in [-0.2, 0) is 36.4 Å². The molecule has 0 unspecified atom stereocenters. The van der Waals surface area contributed by atoms with Gasteiger partial charge in [-0.15, -0.1) is 0 Å². The van der Waals surface area contributed by atoms with Crippen LogP contribution in [0.15, 0.2) is 48.5 Å². The van der Waals surface area contributed by atoms with Crippen LogP contribution < -0.4 is 4.74 Å². The van der Waals surface area contributed by atoms with Gasteiger partial charge in [0.1, 0.15) is 5.82 Å². The van der Waals surface area contributed by atoms with Crippen molar-refractivity contribution < 1.29 is 62.6 Å². The molecule has 0 aromatic heterocycles. The molecule has 4 nitrogen and oxygen atoms in total. The topological polar surface area (TPSA) is 38.8 Å². The Labute approximate surface area is 224 Å². The molecule has 3 aromatic rings. The van der Waals surface area contributed by atoms with Crippen molar-refractivity contribution in [2.75, 3.05) is 14.2 Å². The zero-order valence-corrected chi connectivity index (χ0v) is 20.9. The maximum absolute atomic E-state index is 14.4. The van der Waals surface area contributed by atoms with E-state index in [-0.39, 0.29) is 17.2 Å².